The first kappa shape index (κ1) is 13.2. The molecule has 17 heavy (non-hydrogen) atoms. The Morgan fingerprint density at radius 2 is 1.71 bits per heavy atom. The summed E-state index contributed by atoms with van der Waals surface area (Å²) in [5, 5.41) is 11.0. The van der Waals surface area contributed by atoms with Gasteiger partial charge in [-0.2, -0.15) is 0 Å². The van der Waals surface area contributed by atoms with Crippen molar-refractivity contribution in [3.63, 3.8) is 0 Å². The van der Waals surface area contributed by atoms with Crippen LogP contribution in [0.4, 0.5) is 0 Å². The lowest BCUT2D eigenvalue weighted by molar-refractivity contribution is -0.307. The van der Waals surface area contributed by atoms with E-state index in [9.17, 15) is 14.7 Å². The average molecular weight is 235 g/mol. The number of carbonyl (C=O) groups is 2. The van der Waals surface area contributed by atoms with Gasteiger partial charge in [0, 0.05) is 0 Å². The quantitative estimate of drug-likeness (QED) is 0.575. The Kier molecular flexibility index (Phi) is 3.89. The lowest BCUT2D eigenvalue weighted by Gasteiger charge is -2.24. The van der Waals surface area contributed by atoms with Gasteiger partial charge in [-0.3, -0.25) is 4.79 Å². The molecule has 0 radical (unpaired) electrons. The highest BCUT2D eigenvalue weighted by Crippen LogP contribution is 2.20. The molecule has 4 heteroatoms. The molecular formula is C13H15O4-. The van der Waals surface area contributed by atoms with Gasteiger partial charge in [-0.15, -0.1) is 0 Å². The van der Waals surface area contributed by atoms with E-state index in [0.717, 1.165) is 0 Å². The van der Waals surface area contributed by atoms with Crippen LogP contribution < -0.4 is 5.11 Å². The number of hydrogen-bond donors (Lipinski definition) is 0. The zero-order valence-electron chi connectivity index (χ0n) is 10.1. The highest BCUT2D eigenvalue weighted by atomic mass is 16.6. The smallest absolute Gasteiger partial charge is 0.319 e. The van der Waals surface area contributed by atoms with Crippen molar-refractivity contribution in [3.05, 3.63) is 35.9 Å². The fraction of sp³-hybridized carbons (Fsp3) is 0.385. The van der Waals surface area contributed by atoms with Crippen LogP contribution in [0.5, 0.6) is 0 Å². The van der Waals surface area contributed by atoms with Gasteiger partial charge in [-0.1, -0.05) is 30.3 Å². The standard InChI is InChI=1S/C13H16O4/c1-13(2,3)17-12(16)10(11(14)15)9-7-5-4-6-8-9/h4-8,10H,1-3H3,(H,14,15)/p-1. The number of ether oxygens (including phenoxy) is 1. The van der Waals surface area contributed by atoms with E-state index in [0.29, 0.717) is 5.56 Å². The minimum absolute atomic E-state index is 0.363. The molecule has 1 unspecified atom stereocenters. The number of carboxylic acid groups (broad SMARTS) is 1. The molecule has 0 amide bonds. The van der Waals surface area contributed by atoms with Crippen molar-refractivity contribution < 1.29 is 19.4 Å². The number of carboxylic acids is 1. The Hall–Kier alpha value is -1.84. The molecule has 4 nitrogen and oxygen atoms in total. The first-order valence-electron chi connectivity index (χ1n) is 5.30. The SMILES string of the molecule is CC(C)(C)OC(=O)C(C(=O)[O-])c1ccccc1. The largest absolute Gasteiger partial charge is 0.549 e. The van der Waals surface area contributed by atoms with Crippen molar-refractivity contribution in [2.75, 3.05) is 0 Å². The summed E-state index contributed by atoms with van der Waals surface area (Å²) in [6.07, 6.45) is 0. The van der Waals surface area contributed by atoms with E-state index < -0.39 is 23.5 Å². The molecule has 0 heterocycles. The molecule has 0 saturated heterocycles. The van der Waals surface area contributed by atoms with E-state index in [1.807, 2.05) is 0 Å². The van der Waals surface area contributed by atoms with Crippen molar-refractivity contribution in [2.45, 2.75) is 32.3 Å². The normalized spacial score (nSPS) is 12.9. The lowest BCUT2D eigenvalue weighted by atomic mass is 9.99. The highest BCUT2D eigenvalue weighted by Gasteiger charge is 2.27. The summed E-state index contributed by atoms with van der Waals surface area (Å²) in [4.78, 5) is 22.8. The summed E-state index contributed by atoms with van der Waals surface area (Å²) in [6.45, 7) is 5.05. The third kappa shape index (κ3) is 3.90. The van der Waals surface area contributed by atoms with E-state index in [-0.39, 0.29) is 0 Å². The molecule has 0 aliphatic heterocycles. The number of aliphatic carboxylic acids is 1. The second-order valence-electron chi connectivity index (χ2n) is 4.70. The molecule has 1 aromatic rings. The van der Waals surface area contributed by atoms with Crippen LogP contribution in [0.25, 0.3) is 0 Å². The molecule has 0 aromatic heterocycles. The summed E-state index contributed by atoms with van der Waals surface area (Å²) >= 11 is 0. The fourth-order valence-corrected chi connectivity index (χ4v) is 1.37. The summed E-state index contributed by atoms with van der Waals surface area (Å²) < 4.78 is 5.06. The first-order chi connectivity index (χ1) is 7.81. The lowest BCUT2D eigenvalue weighted by Crippen LogP contribution is -2.38. The zero-order valence-corrected chi connectivity index (χ0v) is 10.1. The molecule has 0 spiro atoms. The maximum atomic E-state index is 11.8. The third-order valence-corrected chi connectivity index (χ3v) is 2.01. The van der Waals surface area contributed by atoms with Crippen LogP contribution in [0.3, 0.4) is 0 Å². The Labute approximate surface area is 100 Å². The summed E-state index contributed by atoms with van der Waals surface area (Å²) in [6, 6.07) is 8.19. The molecule has 0 aliphatic carbocycles. The summed E-state index contributed by atoms with van der Waals surface area (Å²) in [5.74, 6) is -3.63. The molecule has 0 N–H and O–H groups in total. The molecule has 0 bridgehead atoms. The molecule has 1 aromatic carbocycles. The summed E-state index contributed by atoms with van der Waals surface area (Å²) in [5.41, 5.74) is -0.360. The number of carbonyl (C=O) groups excluding carboxylic acids is 2. The third-order valence-electron chi connectivity index (χ3n) is 2.01. The van der Waals surface area contributed by atoms with E-state index in [1.165, 1.54) is 0 Å². The van der Waals surface area contributed by atoms with Crippen LogP contribution in [0.1, 0.15) is 32.3 Å². The number of hydrogen-bond acceptors (Lipinski definition) is 4. The van der Waals surface area contributed by atoms with Crippen LogP contribution >= 0.6 is 0 Å². The number of esters is 1. The molecule has 1 atom stereocenters. The van der Waals surface area contributed by atoms with Crippen LogP contribution in [-0.2, 0) is 14.3 Å². The van der Waals surface area contributed by atoms with Crippen molar-refractivity contribution in [1.82, 2.24) is 0 Å². The second-order valence-corrected chi connectivity index (χ2v) is 4.70. The van der Waals surface area contributed by atoms with E-state index in [2.05, 4.69) is 0 Å². The van der Waals surface area contributed by atoms with Gasteiger partial charge >= 0.3 is 5.97 Å². The average Bonchev–Trinajstić information content (AvgIpc) is 2.15. The highest BCUT2D eigenvalue weighted by molar-refractivity contribution is 5.99. The predicted molar refractivity (Wildman–Crippen MR) is 60.0 cm³/mol. The van der Waals surface area contributed by atoms with E-state index in [1.54, 1.807) is 51.1 Å². The molecule has 0 fully saturated rings. The zero-order chi connectivity index (χ0) is 13.1. The minimum atomic E-state index is -1.45. The van der Waals surface area contributed by atoms with Gasteiger partial charge in [0.15, 0.2) is 0 Å². The van der Waals surface area contributed by atoms with Crippen LogP contribution in [-0.4, -0.2) is 17.5 Å². The van der Waals surface area contributed by atoms with Crippen LogP contribution in [0.2, 0.25) is 0 Å². The Morgan fingerprint density at radius 1 is 1.18 bits per heavy atom. The first-order valence-corrected chi connectivity index (χ1v) is 5.30. The van der Waals surface area contributed by atoms with Gasteiger partial charge in [-0.05, 0) is 26.3 Å². The van der Waals surface area contributed by atoms with Crippen LogP contribution in [0, 0.1) is 0 Å². The van der Waals surface area contributed by atoms with Gasteiger partial charge in [0.05, 0.1) is 5.97 Å². The maximum Gasteiger partial charge on any atom is 0.319 e. The Bertz CT molecular complexity index is 403. The fourth-order valence-electron chi connectivity index (χ4n) is 1.37. The molecule has 0 aliphatic rings. The van der Waals surface area contributed by atoms with Gasteiger partial charge in [0.1, 0.15) is 11.5 Å². The molecular weight excluding hydrogens is 220 g/mol. The molecule has 0 saturated carbocycles. The van der Waals surface area contributed by atoms with Crippen molar-refractivity contribution in [2.24, 2.45) is 0 Å². The number of benzene rings is 1. The van der Waals surface area contributed by atoms with Crippen molar-refractivity contribution >= 4 is 11.9 Å². The van der Waals surface area contributed by atoms with Crippen molar-refractivity contribution in [3.8, 4) is 0 Å². The Balaban J connectivity index is 2.96. The van der Waals surface area contributed by atoms with E-state index in [4.69, 9.17) is 4.74 Å². The van der Waals surface area contributed by atoms with Gasteiger partial charge < -0.3 is 14.6 Å². The van der Waals surface area contributed by atoms with Gasteiger partial charge in [0.25, 0.3) is 0 Å². The topological polar surface area (TPSA) is 66.4 Å². The van der Waals surface area contributed by atoms with Gasteiger partial charge in [-0.25, -0.2) is 0 Å². The second kappa shape index (κ2) is 4.99. The summed E-state index contributed by atoms with van der Waals surface area (Å²) in [7, 11) is 0. The van der Waals surface area contributed by atoms with Gasteiger partial charge in [0.2, 0.25) is 0 Å². The molecule has 1 rings (SSSR count). The van der Waals surface area contributed by atoms with Crippen molar-refractivity contribution in [1.29, 1.82) is 0 Å². The predicted octanol–water partition coefficient (Wildman–Crippen LogP) is 0.862. The number of rotatable bonds is 3. The maximum absolute atomic E-state index is 11.8. The molecule has 92 valence electrons. The monoisotopic (exact) mass is 235 g/mol. The van der Waals surface area contributed by atoms with Crippen LogP contribution in [0.15, 0.2) is 30.3 Å². The minimum Gasteiger partial charge on any atom is -0.549 e. The Morgan fingerprint density at radius 3 is 2.12 bits per heavy atom. The van der Waals surface area contributed by atoms with E-state index >= 15 is 0 Å².